The minimum Gasteiger partial charge on any atom is -0.356 e. The first-order valence-electron chi connectivity index (χ1n) is 6.96. The van der Waals surface area contributed by atoms with Crippen LogP contribution in [-0.2, 0) is 9.84 Å². The zero-order valence-electron chi connectivity index (χ0n) is 13.2. The van der Waals surface area contributed by atoms with Gasteiger partial charge in [0.1, 0.15) is 0 Å². The number of nitrogens with one attached hydrogen (secondary N) is 2. The highest BCUT2D eigenvalue weighted by atomic mass is 32.2. The van der Waals surface area contributed by atoms with Crippen LogP contribution in [0.5, 0.6) is 0 Å². The maximum atomic E-state index is 11.4. The largest absolute Gasteiger partial charge is 0.356 e. The molecule has 0 bridgehead atoms. The second kappa shape index (κ2) is 6.76. The van der Waals surface area contributed by atoms with Crippen molar-refractivity contribution in [1.29, 1.82) is 0 Å². The first-order chi connectivity index (χ1) is 9.13. The molecule has 0 aromatic heterocycles. The molecular weight excluding hydrogens is 276 g/mol. The predicted octanol–water partition coefficient (Wildman–Crippen LogP) is -0.0737. The summed E-state index contributed by atoms with van der Waals surface area (Å²) >= 11 is 0. The Bertz CT molecular complexity index is 443. The molecule has 1 saturated heterocycles. The lowest BCUT2D eigenvalue weighted by Gasteiger charge is -2.29. The van der Waals surface area contributed by atoms with Crippen LogP contribution in [0.25, 0.3) is 0 Å². The molecule has 1 aliphatic rings. The second-order valence-corrected chi connectivity index (χ2v) is 8.80. The minimum absolute atomic E-state index is 0.0249. The molecule has 1 fully saturated rings. The minimum atomic E-state index is -2.86. The van der Waals surface area contributed by atoms with E-state index in [0.29, 0.717) is 12.4 Å². The molecule has 0 amide bonds. The van der Waals surface area contributed by atoms with Crippen molar-refractivity contribution < 1.29 is 8.42 Å². The quantitative estimate of drug-likeness (QED) is 0.549. The van der Waals surface area contributed by atoms with Gasteiger partial charge in [0.2, 0.25) is 0 Å². The Kier molecular flexibility index (Phi) is 5.82. The average Bonchev–Trinajstić information content (AvgIpc) is 2.62. The molecule has 118 valence electrons. The van der Waals surface area contributed by atoms with E-state index in [-0.39, 0.29) is 23.0 Å². The highest BCUT2D eigenvalue weighted by Gasteiger charge is 2.28. The van der Waals surface area contributed by atoms with Crippen molar-refractivity contribution in [2.24, 2.45) is 10.4 Å². The zero-order chi connectivity index (χ0) is 15.4. The maximum absolute atomic E-state index is 11.4. The third-order valence-corrected chi connectivity index (χ3v) is 5.04. The van der Waals surface area contributed by atoms with Crippen LogP contribution in [-0.4, -0.2) is 71.1 Å². The summed E-state index contributed by atoms with van der Waals surface area (Å²) in [5.41, 5.74) is 0.114. The summed E-state index contributed by atoms with van der Waals surface area (Å²) in [5, 5.41) is 6.48. The molecule has 0 spiro atoms. The number of nitrogens with zero attached hydrogens (tertiary/aromatic N) is 2. The van der Waals surface area contributed by atoms with Crippen LogP contribution in [0.1, 0.15) is 20.3 Å². The summed E-state index contributed by atoms with van der Waals surface area (Å²) in [6.45, 7) is 6.12. The lowest BCUT2D eigenvalue weighted by atomic mass is 9.93. The molecule has 0 saturated carbocycles. The van der Waals surface area contributed by atoms with Gasteiger partial charge >= 0.3 is 0 Å². The smallest absolute Gasteiger partial charge is 0.191 e. The standard InChI is InChI=1S/C13H28N4O2S/c1-13(2,10-17(4)5)9-15-12(14-3)16-11-6-7-20(18,19)8-11/h11H,6-10H2,1-5H3,(H2,14,15,16). The van der Waals surface area contributed by atoms with Gasteiger partial charge in [0, 0.05) is 26.2 Å². The van der Waals surface area contributed by atoms with Crippen LogP contribution in [0.2, 0.25) is 0 Å². The summed E-state index contributed by atoms with van der Waals surface area (Å²) in [5.74, 6) is 1.15. The molecule has 7 heteroatoms. The number of guanidine groups is 1. The fraction of sp³-hybridized carbons (Fsp3) is 0.923. The second-order valence-electron chi connectivity index (χ2n) is 6.57. The van der Waals surface area contributed by atoms with Crippen molar-refractivity contribution in [3.63, 3.8) is 0 Å². The summed E-state index contributed by atoms with van der Waals surface area (Å²) < 4.78 is 22.9. The van der Waals surface area contributed by atoms with Crippen LogP contribution in [0.4, 0.5) is 0 Å². The maximum Gasteiger partial charge on any atom is 0.191 e. The summed E-state index contributed by atoms with van der Waals surface area (Å²) in [7, 11) is 2.95. The van der Waals surface area contributed by atoms with Crippen LogP contribution in [0.15, 0.2) is 4.99 Å². The van der Waals surface area contributed by atoms with Gasteiger partial charge in [-0.3, -0.25) is 4.99 Å². The normalized spacial score (nSPS) is 23.1. The fourth-order valence-electron chi connectivity index (χ4n) is 2.53. The summed E-state index contributed by atoms with van der Waals surface area (Å²) in [6.07, 6.45) is 0.657. The van der Waals surface area contributed by atoms with E-state index < -0.39 is 9.84 Å². The molecule has 0 aliphatic carbocycles. The molecule has 1 unspecified atom stereocenters. The molecule has 6 nitrogen and oxygen atoms in total. The highest BCUT2D eigenvalue weighted by Crippen LogP contribution is 2.14. The van der Waals surface area contributed by atoms with Crippen LogP contribution in [0.3, 0.4) is 0 Å². The molecule has 1 aliphatic heterocycles. The van der Waals surface area contributed by atoms with Crippen molar-refractivity contribution in [1.82, 2.24) is 15.5 Å². The molecule has 1 atom stereocenters. The van der Waals surface area contributed by atoms with E-state index in [9.17, 15) is 8.42 Å². The number of sulfone groups is 1. The molecule has 2 N–H and O–H groups in total. The molecule has 0 aromatic carbocycles. The van der Waals surface area contributed by atoms with Gasteiger partial charge in [0.15, 0.2) is 15.8 Å². The van der Waals surface area contributed by atoms with E-state index in [1.54, 1.807) is 7.05 Å². The molecule has 1 heterocycles. The van der Waals surface area contributed by atoms with Crippen molar-refractivity contribution in [2.45, 2.75) is 26.3 Å². The van der Waals surface area contributed by atoms with E-state index in [0.717, 1.165) is 13.1 Å². The van der Waals surface area contributed by atoms with Gasteiger partial charge in [-0.25, -0.2) is 8.42 Å². The Morgan fingerprint density at radius 1 is 1.40 bits per heavy atom. The van der Waals surface area contributed by atoms with Gasteiger partial charge in [-0.1, -0.05) is 13.8 Å². The van der Waals surface area contributed by atoms with Crippen LogP contribution < -0.4 is 10.6 Å². The van der Waals surface area contributed by atoms with Gasteiger partial charge in [-0.15, -0.1) is 0 Å². The molecule has 0 aromatic rings. The third-order valence-electron chi connectivity index (χ3n) is 3.28. The van der Waals surface area contributed by atoms with E-state index in [4.69, 9.17) is 0 Å². The Hall–Kier alpha value is -0.820. The van der Waals surface area contributed by atoms with Crippen molar-refractivity contribution >= 4 is 15.8 Å². The SMILES string of the molecule is CN=C(NCC(C)(C)CN(C)C)NC1CCS(=O)(=O)C1. The molecule has 1 rings (SSSR count). The monoisotopic (exact) mass is 304 g/mol. The van der Waals surface area contributed by atoms with Crippen LogP contribution >= 0.6 is 0 Å². The van der Waals surface area contributed by atoms with Crippen LogP contribution in [0, 0.1) is 5.41 Å². The van der Waals surface area contributed by atoms with Gasteiger partial charge in [-0.05, 0) is 25.9 Å². The number of rotatable bonds is 5. The highest BCUT2D eigenvalue weighted by molar-refractivity contribution is 7.91. The molecule has 20 heavy (non-hydrogen) atoms. The van der Waals surface area contributed by atoms with Crippen molar-refractivity contribution in [3.8, 4) is 0 Å². The van der Waals surface area contributed by atoms with Gasteiger partial charge < -0.3 is 15.5 Å². The summed E-state index contributed by atoms with van der Waals surface area (Å²) in [6, 6.07) is -0.0249. The predicted molar refractivity (Wildman–Crippen MR) is 83.9 cm³/mol. The van der Waals surface area contributed by atoms with E-state index >= 15 is 0 Å². The third kappa shape index (κ3) is 6.09. The Morgan fingerprint density at radius 3 is 2.50 bits per heavy atom. The average molecular weight is 304 g/mol. The number of hydrogen-bond acceptors (Lipinski definition) is 4. The lowest BCUT2D eigenvalue weighted by Crippen LogP contribution is -2.48. The van der Waals surface area contributed by atoms with E-state index in [1.807, 2.05) is 0 Å². The van der Waals surface area contributed by atoms with Crippen molar-refractivity contribution in [3.05, 3.63) is 0 Å². The van der Waals surface area contributed by atoms with Crippen molar-refractivity contribution in [2.75, 3.05) is 45.7 Å². The first-order valence-corrected chi connectivity index (χ1v) is 8.78. The first kappa shape index (κ1) is 17.2. The lowest BCUT2D eigenvalue weighted by molar-refractivity contribution is 0.241. The van der Waals surface area contributed by atoms with Gasteiger partial charge in [0.05, 0.1) is 11.5 Å². The Labute approximate surface area is 122 Å². The van der Waals surface area contributed by atoms with Gasteiger partial charge in [0.25, 0.3) is 0 Å². The topological polar surface area (TPSA) is 73.8 Å². The molecular formula is C13H28N4O2S. The number of aliphatic imine (C=N–C) groups is 1. The number of hydrogen-bond donors (Lipinski definition) is 2. The zero-order valence-corrected chi connectivity index (χ0v) is 14.0. The van der Waals surface area contributed by atoms with E-state index in [1.165, 1.54) is 0 Å². The van der Waals surface area contributed by atoms with E-state index in [2.05, 4.69) is 48.5 Å². The summed E-state index contributed by atoms with van der Waals surface area (Å²) in [4.78, 5) is 6.32. The Morgan fingerprint density at radius 2 is 2.05 bits per heavy atom. The molecule has 0 radical (unpaired) electrons. The Balaban J connectivity index is 2.45. The van der Waals surface area contributed by atoms with Gasteiger partial charge in [-0.2, -0.15) is 0 Å². The fourth-order valence-corrected chi connectivity index (χ4v) is 4.21.